The number of aromatic nitrogens is 1. The van der Waals surface area contributed by atoms with Crippen LogP contribution in [0.15, 0.2) is 42.5 Å². The van der Waals surface area contributed by atoms with Gasteiger partial charge < -0.3 is 5.11 Å². The Labute approximate surface area is 95.5 Å². The molecule has 16 heavy (non-hydrogen) atoms. The number of fused-ring (bicyclic) bond motifs is 1. The molecule has 2 rings (SSSR count). The van der Waals surface area contributed by atoms with Gasteiger partial charge in [-0.25, -0.2) is 0 Å². The van der Waals surface area contributed by atoms with E-state index in [0.29, 0.717) is 0 Å². The number of nitrogens with zero attached hydrogens (tertiary/aromatic N) is 1. The van der Waals surface area contributed by atoms with Crippen LogP contribution in [0, 0.1) is 0 Å². The van der Waals surface area contributed by atoms with Crippen molar-refractivity contribution in [3.05, 3.63) is 48.2 Å². The number of aryl methyl sites for hydroxylation is 1. The van der Waals surface area contributed by atoms with Gasteiger partial charge in [0, 0.05) is 23.6 Å². The Morgan fingerprint density at radius 3 is 2.69 bits per heavy atom. The molecule has 0 aliphatic rings. The van der Waals surface area contributed by atoms with Crippen molar-refractivity contribution in [1.82, 2.24) is 0 Å². The number of aliphatic hydroxyl groups is 1. The topological polar surface area (TPSA) is 24.1 Å². The van der Waals surface area contributed by atoms with E-state index in [2.05, 4.69) is 28.8 Å². The zero-order valence-corrected chi connectivity index (χ0v) is 9.59. The first-order valence-electron chi connectivity index (χ1n) is 5.42. The number of rotatable bonds is 2. The average Bonchev–Trinajstić information content (AvgIpc) is 2.28. The number of hydrogen-bond donors (Lipinski definition) is 1. The second-order valence-electron chi connectivity index (χ2n) is 3.98. The molecule has 2 nitrogen and oxygen atoms in total. The molecule has 0 saturated carbocycles. The average molecular weight is 214 g/mol. The van der Waals surface area contributed by atoms with Gasteiger partial charge in [-0.3, -0.25) is 0 Å². The summed E-state index contributed by atoms with van der Waals surface area (Å²) < 4.78 is 2.12. The van der Waals surface area contributed by atoms with Crippen molar-refractivity contribution < 1.29 is 9.67 Å². The van der Waals surface area contributed by atoms with Gasteiger partial charge >= 0.3 is 0 Å². The Morgan fingerprint density at radius 2 is 1.94 bits per heavy atom. The predicted octanol–water partition coefficient (Wildman–Crippen LogP) is 2.06. The van der Waals surface area contributed by atoms with Gasteiger partial charge in [0.15, 0.2) is 0 Å². The van der Waals surface area contributed by atoms with Gasteiger partial charge in [0.2, 0.25) is 11.2 Å². The molecule has 0 aliphatic carbocycles. The van der Waals surface area contributed by atoms with E-state index in [4.69, 9.17) is 0 Å². The number of hydrogen-bond acceptors (Lipinski definition) is 1. The molecule has 0 amide bonds. The number of pyridine rings is 1. The van der Waals surface area contributed by atoms with E-state index in [9.17, 15) is 5.11 Å². The lowest BCUT2D eigenvalue weighted by atomic mass is 10.2. The van der Waals surface area contributed by atoms with Crippen LogP contribution in [0.3, 0.4) is 0 Å². The molecule has 2 aromatic rings. The summed E-state index contributed by atoms with van der Waals surface area (Å²) in [5.41, 5.74) is 2.27. The van der Waals surface area contributed by atoms with Crippen LogP contribution in [0.5, 0.6) is 0 Å². The summed E-state index contributed by atoms with van der Waals surface area (Å²) in [6, 6.07) is 12.4. The van der Waals surface area contributed by atoms with E-state index in [0.717, 1.165) is 5.69 Å². The maximum atomic E-state index is 9.22. The quantitative estimate of drug-likeness (QED) is 0.760. The highest BCUT2D eigenvalue weighted by molar-refractivity contribution is 5.76. The van der Waals surface area contributed by atoms with Crippen molar-refractivity contribution in [2.24, 2.45) is 7.05 Å². The highest BCUT2D eigenvalue weighted by Crippen LogP contribution is 2.10. The molecule has 0 aliphatic heterocycles. The lowest BCUT2D eigenvalue weighted by Crippen LogP contribution is -2.32. The molecule has 1 aromatic heterocycles. The minimum atomic E-state index is -0.411. The van der Waals surface area contributed by atoms with E-state index in [1.807, 2.05) is 25.3 Å². The normalized spacial score (nSPS) is 13.4. The van der Waals surface area contributed by atoms with Gasteiger partial charge in [0.25, 0.3) is 0 Å². The Bertz CT molecular complexity index is 529. The molecule has 0 unspecified atom stereocenters. The van der Waals surface area contributed by atoms with Gasteiger partial charge in [-0.15, -0.1) is 0 Å². The van der Waals surface area contributed by atoms with E-state index < -0.39 is 6.10 Å². The van der Waals surface area contributed by atoms with Crippen molar-refractivity contribution in [1.29, 1.82) is 0 Å². The van der Waals surface area contributed by atoms with Crippen LogP contribution < -0.4 is 4.57 Å². The zero-order valence-electron chi connectivity index (χ0n) is 9.59. The van der Waals surface area contributed by atoms with Crippen LogP contribution in [-0.2, 0) is 7.05 Å². The molecule has 1 heterocycles. The lowest BCUT2D eigenvalue weighted by molar-refractivity contribution is -0.646. The van der Waals surface area contributed by atoms with Crippen molar-refractivity contribution in [2.45, 2.75) is 13.0 Å². The van der Waals surface area contributed by atoms with Crippen LogP contribution in [0.25, 0.3) is 17.0 Å². The van der Waals surface area contributed by atoms with Crippen LogP contribution in [0.1, 0.15) is 12.6 Å². The highest BCUT2D eigenvalue weighted by atomic mass is 16.3. The Kier molecular flexibility index (Phi) is 3.02. The Morgan fingerprint density at radius 1 is 1.19 bits per heavy atom. The van der Waals surface area contributed by atoms with Crippen LogP contribution >= 0.6 is 0 Å². The molecule has 2 heteroatoms. The molecule has 1 N–H and O–H groups in total. The standard InChI is InChI=1S/C14H16NO/c1-11(16)7-9-13-10-8-12-5-3-4-6-14(12)15(13)2/h3-11,16H,1-2H3/q+1/b9-7+/t11-/m0/s1. The molecule has 0 radical (unpaired) electrons. The summed E-state index contributed by atoms with van der Waals surface area (Å²) in [5.74, 6) is 0. The van der Waals surface area contributed by atoms with E-state index >= 15 is 0 Å². The zero-order chi connectivity index (χ0) is 11.5. The third kappa shape index (κ3) is 2.12. The molecule has 1 aromatic carbocycles. The Hall–Kier alpha value is -1.67. The Balaban J connectivity index is 2.52. The fourth-order valence-corrected chi connectivity index (χ4v) is 1.77. The van der Waals surface area contributed by atoms with Crippen molar-refractivity contribution in [2.75, 3.05) is 0 Å². The maximum absolute atomic E-state index is 9.22. The second-order valence-corrected chi connectivity index (χ2v) is 3.98. The van der Waals surface area contributed by atoms with Gasteiger partial charge in [-0.1, -0.05) is 12.1 Å². The lowest BCUT2D eigenvalue weighted by Gasteiger charge is -2.00. The number of benzene rings is 1. The summed E-state index contributed by atoms with van der Waals surface area (Å²) in [4.78, 5) is 0. The van der Waals surface area contributed by atoms with Gasteiger partial charge in [0.05, 0.1) is 6.10 Å². The van der Waals surface area contributed by atoms with Gasteiger partial charge in [-0.2, -0.15) is 4.57 Å². The molecule has 0 fully saturated rings. The molecule has 1 atom stereocenters. The first-order valence-corrected chi connectivity index (χ1v) is 5.42. The SMILES string of the molecule is C[C@H](O)/C=C/c1ccc2ccccc2[n+]1C. The monoisotopic (exact) mass is 214 g/mol. The first kappa shape index (κ1) is 10.8. The largest absolute Gasteiger partial charge is 0.389 e. The first-order chi connectivity index (χ1) is 7.68. The van der Waals surface area contributed by atoms with Crippen molar-refractivity contribution in [3.8, 4) is 0 Å². The van der Waals surface area contributed by atoms with Gasteiger partial charge in [-0.05, 0) is 25.1 Å². The number of para-hydroxylation sites is 1. The third-order valence-electron chi connectivity index (χ3n) is 2.66. The summed E-state index contributed by atoms with van der Waals surface area (Å²) in [7, 11) is 2.03. The minimum absolute atomic E-state index is 0.411. The summed E-state index contributed by atoms with van der Waals surface area (Å²) in [6.07, 6.45) is 3.31. The maximum Gasteiger partial charge on any atom is 0.212 e. The molecule has 82 valence electrons. The highest BCUT2D eigenvalue weighted by Gasteiger charge is 2.07. The van der Waals surface area contributed by atoms with Crippen LogP contribution in [0.2, 0.25) is 0 Å². The van der Waals surface area contributed by atoms with Crippen LogP contribution in [0.4, 0.5) is 0 Å². The van der Waals surface area contributed by atoms with E-state index in [1.165, 1.54) is 10.9 Å². The summed E-state index contributed by atoms with van der Waals surface area (Å²) in [5, 5.41) is 10.4. The molecule has 0 spiro atoms. The summed E-state index contributed by atoms with van der Waals surface area (Å²) >= 11 is 0. The van der Waals surface area contributed by atoms with Crippen molar-refractivity contribution in [3.63, 3.8) is 0 Å². The van der Waals surface area contributed by atoms with E-state index in [1.54, 1.807) is 13.0 Å². The predicted molar refractivity (Wildman–Crippen MR) is 65.8 cm³/mol. The number of aliphatic hydroxyl groups excluding tert-OH is 1. The fourth-order valence-electron chi connectivity index (χ4n) is 1.77. The molecular weight excluding hydrogens is 198 g/mol. The third-order valence-corrected chi connectivity index (χ3v) is 2.66. The smallest absolute Gasteiger partial charge is 0.212 e. The van der Waals surface area contributed by atoms with Gasteiger partial charge in [0.1, 0.15) is 7.05 Å². The fraction of sp³-hybridized carbons (Fsp3) is 0.214. The van der Waals surface area contributed by atoms with Crippen molar-refractivity contribution >= 4 is 17.0 Å². The minimum Gasteiger partial charge on any atom is -0.389 e. The molecule has 0 bridgehead atoms. The van der Waals surface area contributed by atoms with Crippen LogP contribution in [-0.4, -0.2) is 11.2 Å². The molecule has 0 saturated heterocycles. The van der Waals surface area contributed by atoms with E-state index in [-0.39, 0.29) is 0 Å². The second kappa shape index (κ2) is 4.45. The summed E-state index contributed by atoms with van der Waals surface area (Å²) in [6.45, 7) is 1.75. The molecular formula is C14H16NO+.